The first-order valence-electron chi connectivity index (χ1n) is 9.49. The van der Waals surface area contributed by atoms with Crippen LogP contribution in [-0.4, -0.2) is 47.5 Å². The molecule has 0 aromatic carbocycles. The van der Waals surface area contributed by atoms with Crippen LogP contribution in [0.15, 0.2) is 35.4 Å². The van der Waals surface area contributed by atoms with Crippen LogP contribution in [0, 0.1) is 25.5 Å². The number of carbonyl (C=O) groups is 1. The van der Waals surface area contributed by atoms with Gasteiger partial charge in [-0.3, -0.25) is 29.0 Å². The van der Waals surface area contributed by atoms with Crippen LogP contribution < -0.4 is 10.3 Å². The summed E-state index contributed by atoms with van der Waals surface area (Å²) in [6.45, 7) is 3.31. The smallest absolute Gasteiger partial charge is 0.295 e. The van der Waals surface area contributed by atoms with Crippen molar-refractivity contribution < 1.29 is 23.1 Å². The number of hydroxylamine groups is 2. The largest absolute Gasteiger partial charge is 0.492 e. The van der Waals surface area contributed by atoms with Crippen LogP contribution in [0.2, 0.25) is 5.02 Å². The number of aromatic nitrogens is 3. The molecule has 0 aliphatic rings. The minimum Gasteiger partial charge on any atom is -0.492 e. The van der Waals surface area contributed by atoms with Crippen molar-refractivity contribution in [3.8, 4) is 11.4 Å². The lowest BCUT2D eigenvalue weighted by Gasteiger charge is -2.20. The van der Waals surface area contributed by atoms with Crippen molar-refractivity contribution in [2.75, 3.05) is 14.2 Å². The SMILES string of the molecule is [B]C(Oc1cc(C)n(-c2cc(C(=O)N(C)OC)ncc2C)c(=O)c1Cl)c1ncc(F)cc1F. The third-order valence-corrected chi connectivity index (χ3v) is 5.10. The molecule has 0 saturated heterocycles. The van der Waals surface area contributed by atoms with E-state index in [0.717, 1.165) is 11.3 Å². The predicted octanol–water partition coefficient (Wildman–Crippen LogP) is 3.06. The van der Waals surface area contributed by atoms with Crippen molar-refractivity contribution in [1.82, 2.24) is 19.6 Å². The molecule has 0 bridgehead atoms. The van der Waals surface area contributed by atoms with Crippen molar-refractivity contribution in [2.45, 2.75) is 19.9 Å². The minimum atomic E-state index is -1.45. The lowest BCUT2D eigenvalue weighted by Crippen LogP contribution is -2.27. The van der Waals surface area contributed by atoms with Gasteiger partial charge in [0.1, 0.15) is 35.8 Å². The number of rotatable bonds is 6. The first kappa shape index (κ1) is 24.3. The molecule has 12 heteroatoms. The Labute approximate surface area is 194 Å². The van der Waals surface area contributed by atoms with Crippen LogP contribution >= 0.6 is 11.6 Å². The minimum absolute atomic E-state index is 0.0441. The van der Waals surface area contributed by atoms with E-state index in [9.17, 15) is 18.4 Å². The molecule has 3 aromatic heterocycles. The van der Waals surface area contributed by atoms with E-state index >= 15 is 0 Å². The number of carbonyl (C=O) groups excluding carboxylic acids is 1. The van der Waals surface area contributed by atoms with E-state index < -0.39 is 29.1 Å². The van der Waals surface area contributed by atoms with Gasteiger partial charge in [-0.2, -0.15) is 0 Å². The zero-order chi connectivity index (χ0) is 24.4. The highest BCUT2D eigenvalue weighted by Gasteiger charge is 2.21. The van der Waals surface area contributed by atoms with E-state index in [1.54, 1.807) is 13.8 Å². The van der Waals surface area contributed by atoms with Crippen molar-refractivity contribution in [3.63, 3.8) is 0 Å². The highest BCUT2D eigenvalue weighted by atomic mass is 35.5. The molecular formula is C21H18BClF2N4O4. The molecule has 0 saturated carbocycles. The van der Waals surface area contributed by atoms with Gasteiger partial charge < -0.3 is 4.74 Å². The molecule has 170 valence electrons. The molecule has 2 radical (unpaired) electrons. The lowest BCUT2D eigenvalue weighted by molar-refractivity contribution is -0.0760. The summed E-state index contributed by atoms with van der Waals surface area (Å²) in [5.74, 6) is -2.51. The summed E-state index contributed by atoms with van der Waals surface area (Å²) in [6.07, 6.45) is 2.23. The summed E-state index contributed by atoms with van der Waals surface area (Å²) < 4.78 is 33.8. The van der Waals surface area contributed by atoms with E-state index in [1.165, 1.54) is 37.1 Å². The zero-order valence-corrected chi connectivity index (χ0v) is 18.9. The van der Waals surface area contributed by atoms with E-state index in [4.69, 9.17) is 29.0 Å². The van der Waals surface area contributed by atoms with Crippen molar-refractivity contribution >= 4 is 25.4 Å². The highest BCUT2D eigenvalue weighted by Crippen LogP contribution is 2.28. The van der Waals surface area contributed by atoms with E-state index in [-0.39, 0.29) is 22.2 Å². The molecule has 0 N–H and O–H groups in total. The maximum Gasteiger partial charge on any atom is 0.295 e. The Morgan fingerprint density at radius 2 is 1.91 bits per heavy atom. The van der Waals surface area contributed by atoms with Gasteiger partial charge in [-0.1, -0.05) is 11.6 Å². The van der Waals surface area contributed by atoms with Crippen LogP contribution in [0.25, 0.3) is 5.69 Å². The molecule has 3 heterocycles. The molecule has 0 aliphatic carbocycles. The normalized spacial score (nSPS) is 11.8. The maximum absolute atomic E-state index is 14.0. The Balaban J connectivity index is 2.03. The second-order valence-corrected chi connectivity index (χ2v) is 7.38. The number of hydrogen-bond acceptors (Lipinski definition) is 6. The van der Waals surface area contributed by atoms with Crippen molar-refractivity contribution in [2.24, 2.45) is 0 Å². The lowest BCUT2D eigenvalue weighted by atomic mass is 9.95. The molecule has 3 rings (SSSR count). The molecule has 0 aliphatic heterocycles. The molecule has 33 heavy (non-hydrogen) atoms. The van der Waals surface area contributed by atoms with Crippen molar-refractivity contribution in [3.05, 3.63) is 80.2 Å². The first-order valence-corrected chi connectivity index (χ1v) is 9.87. The van der Waals surface area contributed by atoms with Crippen LogP contribution in [0.1, 0.15) is 33.4 Å². The Bertz CT molecular complexity index is 1290. The van der Waals surface area contributed by atoms with Gasteiger partial charge in [0.2, 0.25) is 0 Å². The molecule has 0 spiro atoms. The summed E-state index contributed by atoms with van der Waals surface area (Å²) in [5.41, 5.74) is 0.360. The maximum atomic E-state index is 14.0. The summed E-state index contributed by atoms with van der Waals surface area (Å²) in [6, 6.07) is 2.02. The molecule has 8 nitrogen and oxygen atoms in total. The third kappa shape index (κ3) is 4.89. The van der Waals surface area contributed by atoms with Gasteiger partial charge in [-0.25, -0.2) is 13.8 Å². The third-order valence-electron chi connectivity index (χ3n) is 4.75. The van der Waals surface area contributed by atoms with Crippen molar-refractivity contribution in [1.29, 1.82) is 0 Å². The molecule has 1 amide bonds. The van der Waals surface area contributed by atoms with E-state index in [0.29, 0.717) is 23.0 Å². The van der Waals surface area contributed by atoms with Gasteiger partial charge in [-0.05, 0) is 25.5 Å². The molecular weight excluding hydrogens is 457 g/mol. The molecule has 1 unspecified atom stereocenters. The highest BCUT2D eigenvalue weighted by molar-refractivity contribution is 6.32. The Morgan fingerprint density at radius 1 is 1.21 bits per heavy atom. The fourth-order valence-corrected chi connectivity index (χ4v) is 3.19. The van der Waals surface area contributed by atoms with E-state index in [2.05, 4.69) is 9.97 Å². The average molecular weight is 475 g/mol. The second-order valence-electron chi connectivity index (χ2n) is 7.00. The number of ether oxygens (including phenoxy) is 1. The average Bonchev–Trinajstić information content (AvgIpc) is 2.77. The van der Waals surface area contributed by atoms with Gasteiger partial charge in [0.25, 0.3) is 11.5 Å². The Morgan fingerprint density at radius 3 is 2.55 bits per heavy atom. The Hall–Kier alpha value is -3.31. The zero-order valence-electron chi connectivity index (χ0n) is 18.1. The fraction of sp³-hybridized carbons (Fsp3) is 0.238. The Kier molecular flexibility index (Phi) is 7.14. The van der Waals surface area contributed by atoms with Crippen LogP contribution in [-0.2, 0) is 4.84 Å². The van der Waals surface area contributed by atoms with Gasteiger partial charge in [0, 0.05) is 31.1 Å². The second kappa shape index (κ2) is 9.68. The number of hydrogen-bond donors (Lipinski definition) is 0. The summed E-state index contributed by atoms with van der Waals surface area (Å²) in [4.78, 5) is 38.1. The van der Waals surface area contributed by atoms with Gasteiger partial charge in [-0.15, -0.1) is 0 Å². The number of amides is 1. The first-order chi connectivity index (χ1) is 15.5. The summed E-state index contributed by atoms with van der Waals surface area (Å²) in [5, 5.41) is 0.655. The quantitative estimate of drug-likeness (QED) is 0.403. The fourth-order valence-electron chi connectivity index (χ4n) is 3.01. The topological polar surface area (TPSA) is 86.5 Å². The van der Waals surface area contributed by atoms with E-state index in [1.807, 2.05) is 0 Å². The summed E-state index contributed by atoms with van der Waals surface area (Å²) >= 11 is 6.25. The molecule has 0 fully saturated rings. The monoisotopic (exact) mass is 474 g/mol. The number of nitrogens with zero attached hydrogens (tertiary/aromatic N) is 4. The van der Waals surface area contributed by atoms with Crippen LogP contribution in [0.4, 0.5) is 8.78 Å². The summed E-state index contributed by atoms with van der Waals surface area (Å²) in [7, 11) is 8.59. The van der Waals surface area contributed by atoms with Gasteiger partial charge >= 0.3 is 0 Å². The number of halogens is 3. The standard InChI is InChI=1S/C21H18BClF2N4O4/c1-10-8-26-14(20(30)28(3)32-4)7-15(10)29-11(2)5-16(17(23)21(29)31)33-19(22)18-13(25)6-12(24)9-27-18/h5-9,19H,1-4H3. The molecule has 3 aromatic rings. The van der Waals surface area contributed by atoms with Gasteiger partial charge in [0.05, 0.1) is 25.0 Å². The van der Waals surface area contributed by atoms with Crippen LogP contribution in [0.3, 0.4) is 0 Å². The molecule has 1 atom stereocenters. The number of pyridine rings is 3. The predicted molar refractivity (Wildman–Crippen MR) is 117 cm³/mol. The van der Waals surface area contributed by atoms with Crippen LogP contribution in [0.5, 0.6) is 5.75 Å². The van der Waals surface area contributed by atoms with Gasteiger partial charge in [0.15, 0.2) is 5.82 Å². The number of aryl methyl sites for hydroxylation is 2.